The largest absolute Gasteiger partial charge is 0.508 e. The minimum absolute atomic E-state index is 0.216. The quantitative estimate of drug-likeness (QED) is 0.841. The average Bonchev–Trinajstić information content (AvgIpc) is 2.34. The third kappa shape index (κ3) is 3.00. The van der Waals surface area contributed by atoms with Gasteiger partial charge in [-0.3, -0.25) is 0 Å². The number of phenols is 1. The zero-order valence-electron chi connectivity index (χ0n) is 9.36. The lowest BCUT2D eigenvalue weighted by Gasteiger charge is -2.10. The third-order valence-electron chi connectivity index (χ3n) is 2.38. The zero-order chi connectivity index (χ0) is 13.1. The average molecular weight is 284 g/mol. The fourth-order valence-corrected chi connectivity index (χ4v) is 1.75. The van der Waals surface area contributed by atoms with Crippen LogP contribution >= 0.6 is 23.2 Å². The summed E-state index contributed by atoms with van der Waals surface area (Å²) in [7, 11) is 0. The van der Waals surface area contributed by atoms with Gasteiger partial charge in [0.25, 0.3) is 0 Å². The SMILES string of the molecule is Nc1cc(Cl)c(Cl)cc1OCc1ccc(O)cc1. The van der Waals surface area contributed by atoms with Crippen LogP contribution in [0.25, 0.3) is 0 Å². The van der Waals surface area contributed by atoms with E-state index < -0.39 is 0 Å². The summed E-state index contributed by atoms with van der Waals surface area (Å²) in [6, 6.07) is 9.86. The summed E-state index contributed by atoms with van der Waals surface area (Å²) in [6.45, 7) is 0.336. The molecule has 0 aliphatic carbocycles. The minimum atomic E-state index is 0.216. The van der Waals surface area contributed by atoms with E-state index in [1.807, 2.05) is 0 Å². The number of phenolic OH excluding ortho intramolecular Hbond substituents is 1. The van der Waals surface area contributed by atoms with Crippen molar-refractivity contribution in [2.45, 2.75) is 6.61 Å². The van der Waals surface area contributed by atoms with E-state index in [9.17, 15) is 0 Å². The van der Waals surface area contributed by atoms with Gasteiger partial charge in [0.05, 0.1) is 15.7 Å². The molecule has 2 aromatic carbocycles. The molecule has 0 atom stereocenters. The number of nitrogens with two attached hydrogens (primary N) is 1. The first kappa shape index (κ1) is 12.9. The smallest absolute Gasteiger partial charge is 0.144 e. The van der Waals surface area contributed by atoms with Crippen LogP contribution in [0.15, 0.2) is 36.4 Å². The Hall–Kier alpha value is -1.58. The van der Waals surface area contributed by atoms with Gasteiger partial charge in [-0.05, 0) is 23.8 Å². The second kappa shape index (κ2) is 5.38. The lowest BCUT2D eigenvalue weighted by molar-refractivity contribution is 0.308. The van der Waals surface area contributed by atoms with E-state index >= 15 is 0 Å². The molecule has 0 bridgehead atoms. The first-order valence-corrected chi connectivity index (χ1v) is 5.97. The van der Waals surface area contributed by atoms with Gasteiger partial charge in [-0.15, -0.1) is 0 Å². The molecule has 0 spiro atoms. The Morgan fingerprint density at radius 1 is 1.06 bits per heavy atom. The highest BCUT2D eigenvalue weighted by atomic mass is 35.5. The predicted molar refractivity (Wildman–Crippen MR) is 73.3 cm³/mol. The normalized spacial score (nSPS) is 10.3. The number of halogens is 2. The van der Waals surface area contributed by atoms with Gasteiger partial charge in [-0.2, -0.15) is 0 Å². The number of hydrogen-bond donors (Lipinski definition) is 2. The zero-order valence-corrected chi connectivity index (χ0v) is 10.9. The molecule has 2 aromatic rings. The lowest BCUT2D eigenvalue weighted by atomic mass is 10.2. The van der Waals surface area contributed by atoms with Crippen molar-refractivity contribution in [3.05, 3.63) is 52.0 Å². The van der Waals surface area contributed by atoms with Crippen LogP contribution < -0.4 is 10.5 Å². The molecule has 0 radical (unpaired) electrons. The third-order valence-corrected chi connectivity index (χ3v) is 3.11. The van der Waals surface area contributed by atoms with Crippen LogP contribution in [0.4, 0.5) is 5.69 Å². The van der Waals surface area contributed by atoms with Crippen molar-refractivity contribution in [1.82, 2.24) is 0 Å². The maximum absolute atomic E-state index is 9.16. The van der Waals surface area contributed by atoms with E-state index in [1.54, 1.807) is 36.4 Å². The first-order valence-electron chi connectivity index (χ1n) is 5.21. The number of ether oxygens (including phenoxy) is 1. The van der Waals surface area contributed by atoms with Crippen molar-refractivity contribution in [1.29, 1.82) is 0 Å². The maximum Gasteiger partial charge on any atom is 0.144 e. The molecule has 3 N–H and O–H groups in total. The predicted octanol–water partition coefficient (Wildman–Crippen LogP) is 3.86. The molecule has 0 aliphatic rings. The van der Waals surface area contributed by atoms with Crippen LogP contribution in [-0.4, -0.2) is 5.11 Å². The van der Waals surface area contributed by atoms with Crippen LogP contribution in [0.5, 0.6) is 11.5 Å². The Morgan fingerprint density at radius 3 is 2.33 bits per heavy atom. The Balaban J connectivity index is 2.10. The number of hydrogen-bond acceptors (Lipinski definition) is 3. The minimum Gasteiger partial charge on any atom is -0.508 e. The fraction of sp³-hybridized carbons (Fsp3) is 0.0769. The Morgan fingerprint density at radius 2 is 1.67 bits per heavy atom. The molecule has 94 valence electrons. The van der Waals surface area contributed by atoms with Gasteiger partial charge in [0.15, 0.2) is 0 Å². The number of rotatable bonds is 3. The number of benzene rings is 2. The lowest BCUT2D eigenvalue weighted by Crippen LogP contribution is -1.98. The molecule has 0 unspecified atom stereocenters. The molecule has 0 heterocycles. The van der Waals surface area contributed by atoms with Gasteiger partial charge in [-0.25, -0.2) is 0 Å². The van der Waals surface area contributed by atoms with Crippen LogP contribution in [0.1, 0.15) is 5.56 Å². The summed E-state index contributed by atoms with van der Waals surface area (Å²) in [5.41, 5.74) is 7.12. The molecule has 0 fully saturated rings. The maximum atomic E-state index is 9.16. The Labute approximate surface area is 115 Å². The summed E-state index contributed by atoms with van der Waals surface area (Å²) in [5.74, 6) is 0.699. The summed E-state index contributed by atoms with van der Waals surface area (Å²) < 4.78 is 5.55. The highest BCUT2D eigenvalue weighted by Gasteiger charge is 2.06. The molecule has 5 heteroatoms. The van der Waals surface area contributed by atoms with E-state index in [0.717, 1.165) is 5.56 Å². The van der Waals surface area contributed by atoms with Gasteiger partial charge in [0, 0.05) is 6.07 Å². The highest BCUT2D eigenvalue weighted by molar-refractivity contribution is 6.42. The topological polar surface area (TPSA) is 55.5 Å². The first-order chi connectivity index (χ1) is 8.56. The van der Waals surface area contributed by atoms with E-state index in [0.29, 0.717) is 28.1 Å². The Bertz CT molecular complexity index is 556. The second-order valence-electron chi connectivity index (χ2n) is 3.76. The Kier molecular flexibility index (Phi) is 3.84. The highest BCUT2D eigenvalue weighted by Crippen LogP contribution is 2.32. The second-order valence-corrected chi connectivity index (χ2v) is 4.57. The van der Waals surface area contributed by atoms with Crippen LogP contribution in [0.2, 0.25) is 10.0 Å². The van der Waals surface area contributed by atoms with E-state index in [4.69, 9.17) is 38.8 Å². The number of nitrogen functional groups attached to an aromatic ring is 1. The summed E-state index contributed by atoms with van der Waals surface area (Å²) in [6.07, 6.45) is 0. The van der Waals surface area contributed by atoms with Crippen molar-refractivity contribution >= 4 is 28.9 Å². The van der Waals surface area contributed by atoms with Gasteiger partial charge in [-0.1, -0.05) is 35.3 Å². The van der Waals surface area contributed by atoms with Crippen LogP contribution in [0, 0.1) is 0 Å². The van der Waals surface area contributed by atoms with E-state index in [2.05, 4.69) is 0 Å². The molecular weight excluding hydrogens is 273 g/mol. The van der Waals surface area contributed by atoms with Gasteiger partial charge in [0.1, 0.15) is 18.1 Å². The van der Waals surface area contributed by atoms with Crippen LogP contribution in [-0.2, 0) is 6.61 Å². The van der Waals surface area contributed by atoms with E-state index in [-0.39, 0.29) is 5.75 Å². The van der Waals surface area contributed by atoms with Crippen molar-refractivity contribution in [3.63, 3.8) is 0 Å². The molecule has 0 amide bonds. The molecule has 0 saturated carbocycles. The standard InChI is InChI=1S/C13H11Cl2NO2/c14-10-5-12(16)13(6-11(10)15)18-7-8-1-3-9(17)4-2-8/h1-6,17H,7,16H2. The van der Waals surface area contributed by atoms with Crippen molar-refractivity contribution in [2.75, 3.05) is 5.73 Å². The summed E-state index contributed by atoms with van der Waals surface area (Å²) >= 11 is 11.7. The van der Waals surface area contributed by atoms with Crippen LogP contribution in [0.3, 0.4) is 0 Å². The molecule has 0 saturated heterocycles. The molecule has 0 aliphatic heterocycles. The molecule has 0 aromatic heterocycles. The fourth-order valence-electron chi connectivity index (χ4n) is 1.42. The van der Waals surface area contributed by atoms with Crippen molar-refractivity contribution in [3.8, 4) is 11.5 Å². The van der Waals surface area contributed by atoms with Crippen molar-refractivity contribution in [2.24, 2.45) is 0 Å². The monoisotopic (exact) mass is 283 g/mol. The van der Waals surface area contributed by atoms with Gasteiger partial charge in [0.2, 0.25) is 0 Å². The number of aromatic hydroxyl groups is 1. The van der Waals surface area contributed by atoms with E-state index in [1.165, 1.54) is 0 Å². The van der Waals surface area contributed by atoms with Gasteiger partial charge < -0.3 is 15.6 Å². The number of anilines is 1. The van der Waals surface area contributed by atoms with Crippen molar-refractivity contribution < 1.29 is 9.84 Å². The molecule has 3 nitrogen and oxygen atoms in total. The molecular formula is C13H11Cl2NO2. The van der Waals surface area contributed by atoms with Gasteiger partial charge >= 0.3 is 0 Å². The summed E-state index contributed by atoms with van der Waals surface area (Å²) in [4.78, 5) is 0. The molecule has 18 heavy (non-hydrogen) atoms. The summed E-state index contributed by atoms with van der Waals surface area (Å²) in [5, 5.41) is 9.95. The molecule has 2 rings (SSSR count).